The number of carbonyl (C=O) groups is 1. The van der Waals surface area contributed by atoms with Crippen molar-refractivity contribution in [3.8, 4) is 0 Å². The molecule has 21 heavy (non-hydrogen) atoms. The van der Waals surface area contributed by atoms with E-state index in [9.17, 15) is 18.0 Å². The van der Waals surface area contributed by atoms with Gasteiger partial charge in [0.25, 0.3) is 0 Å². The highest BCUT2D eigenvalue weighted by Gasteiger charge is 2.41. The van der Waals surface area contributed by atoms with Crippen LogP contribution in [0.4, 0.5) is 13.2 Å². The minimum absolute atomic E-state index is 0. The second-order valence-corrected chi connectivity index (χ2v) is 5.29. The molecular weight excluding hydrogens is 305 g/mol. The topological polar surface area (TPSA) is 55.1 Å². The van der Waals surface area contributed by atoms with Crippen molar-refractivity contribution < 1.29 is 18.0 Å². The minimum Gasteiger partial charge on any atom is -0.345 e. The average molecular weight is 323 g/mol. The van der Waals surface area contributed by atoms with Gasteiger partial charge in [-0.25, -0.2) is 0 Å². The highest BCUT2D eigenvalue weighted by molar-refractivity contribution is 5.85. The molecule has 0 spiro atoms. The van der Waals surface area contributed by atoms with Crippen LogP contribution < -0.4 is 11.1 Å². The predicted octanol–water partition coefficient (Wildman–Crippen LogP) is 2.97. The van der Waals surface area contributed by atoms with Crippen LogP contribution in [-0.2, 0) is 16.5 Å². The molecule has 1 atom stereocenters. The van der Waals surface area contributed by atoms with Crippen LogP contribution in [0.1, 0.15) is 37.3 Å². The Morgan fingerprint density at radius 2 is 2.00 bits per heavy atom. The van der Waals surface area contributed by atoms with Gasteiger partial charge in [-0.1, -0.05) is 12.1 Å². The highest BCUT2D eigenvalue weighted by atomic mass is 35.5. The van der Waals surface area contributed by atoms with E-state index in [1.54, 1.807) is 13.0 Å². The quantitative estimate of drug-likeness (QED) is 0.899. The number of benzene rings is 1. The molecule has 1 fully saturated rings. The largest absolute Gasteiger partial charge is 0.416 e. The average Bonchev–Trinajstić information content (AvgIpc) is 2.32. The van der Waals surface area contributed by atoms with E-state index >= 15 is 0 Å². The van der Waals surface area contributed by atoms with Gasteiger partial charge in [-0.05, 0) is 43.9 Å². The van der Waals surface area contributed by atoms with Crippen LogP contribution in [-0.4, -0.2) is 11.9 Å². The summed E-state index contributed by atoms with van der Waals surface area (Å²) in [6.45, 7) is 1.55. The fourth-order valence-corrected chi connectivity index (χ4v) is 2.36. The fourth-order valence-electron chi connectivity index (χ4n) is 2.36. The van der Waals surface area contributed by atoms with Crippen LogP contribution in [0.5, 0.6) is 0 Å². The van der Waals surface area contributed by atoms with Gasteiger partial charge in [0, 0.05) is 0 Å². The van der Waals surface area contributed by atoms with Gasteiger partial charge in [0.2, 0.25) is 5.91 Å². The first kappa shape index (κ1) is 17.8. The lowest BCUT2D eigenvalue weighted by atomic mass is 9.71. The number of amides is 1. The molecule has 3 nitrogen and oxygen atoms in total. The molecule has 0 radical (unpaired) electrons. The fraction of sp³-hybridized carbons (Fsp3) is 0.500. The third-order valence-electron chi connectivity index (χ3n) is 3.73. The highest BCUT2D eigenvalue weighted by Crippen LogP contribution is 2.42. The van der Waals surface area contributed by atoms with Crippen molar-refractivity contribution in [1.29, 1.82) is 0 Å². The first-order chi connectivity index (χ1) is 9.24. The summed E-state index contributed by atoms with van der Waals surface area (Å²) in [7, 11) is 0. The predicted molar refractivity (Wildman–Crippen MR) is 76.0 cm³/mol. The zero-order valence-electron chi connectivity index (χ0n) is 11.5. The molecule has 1 aliphatic rings. The van der Waals surface area contributed by atoms with Crippen LogP contribution in [0.25, 0.3) is 0 Å². The Hall–Kier alpha value is -1.27. The minimum atomic E-state index is -4.38. The molecule has 7 heteroatoms. The Kier molecular flexibility index (Phi) is 5.28. The summed E-state index contributed by atoms with van der Waals surface area (Å²) in [5, 5.41) is 2.79. The van der Waals surface area contributed by atoms with Gasteiger partial charge >= 0.3 is 6.18 Å². The van der Waals surface area contributed by atoms with Crippen molar-refractivity contribution in [2.75, 3.05) is 0 Å². The van der Waals surface area contributed by atoms with Gasteiger partial charge in [0.1, 0.15) is 0 Å². The molecule has 1 amide bonds. The number of rotatable bonds is 3. The van der Waals surface area contributed by atoms with Gasteiger partial charge in [0.05, 0.1) is 17.1 Å². The van der Waals surface area contributed by atoms with Crippen molar-refractivity contribution in [2.24, 2.45) is 5.73 Å². The summed E-state index contributed by atoms with van der Waals surface area (Å²) in [4.78, 5) is 11.7. The van der Waals surface area contributed by atoms with Crippen molar-refractivity contribution in [1.82, 2.24) is 5.32 Å². The summed E-state index contributed by atoms with van der Waals surface area (Å²) < 4.78 is 38.3. The van der Waals surface area contributed by atoms with Crippen LogP contribution in [0, 0.1) is 0 Å². The molecular formula is C14H18ClF3N2O. The molecule has 0 aromatic heterocycles. The number of nitrogens with one attached hydrogen (secondary N) is 1. The molecule has 0 bridgehead atoms. The second kappa shape index (κ2) is 6.23. The molecule has 118 valence electrons. The van der Waals surface area contributed by atoms with Gasteiger partial charge in [-0.3, -0.25) is 4.79 Å². The van der Waals surface area contributed by atoms with Gasteiger partial charge < -0.3 is 11.1 Å². The van der Waals surface area contributed by atoms with E-state index in [2.05, 4.69) is 5.32 Å². The molecule has 0 unspecified atom stereocenters. The number of alkyl halides is 3. The Morgan fingerprint density at radius 1 is 1.38 bits per heavy atom. The third-order valence-corrected chi connectivity index (χ3v) is 3.73. The van der Waals surface area contributed by atoms with E-state index in [4.69, 9.17) is 5.73 Å². The molecule has 3 N–H and O–H groups in total. The molecule has 1 saturated carbocycles. The number of nitrogens with two attached hydrogens (primary N) is 1. The van der Waals surface area contributed by atoms with Crippen molar-refractivity contribution in [3.63, 3.8) is 0 Å². The maximum absolute atomic E-state index is 12.8. The first-order valence-corrected chi connectivity index (χ1v) is 6.50. The van der Waals surface area contributed by atoms with E-state index in [0.29, 0.717) is 18.4 Å². The van der Waals surface area contributed by atoms with Crippen LogP contribution in [0.3, 0.4) is 0 Å². The number of hydrogen-bond donors (Lipinski definition) is 2. The summed E-state index contributed by atoms with van der Waals surface area (Å²) >= 11 is 0. The second-order valence-electron chi connectivity index (χ2n) is 5.29. The van der Waals surface area contributed by atoms with Crippen molar-refractivity contribution in [2.45, 2.75) is 43.9 Å². The summed E-state index contributed by atoms with van der Waals surface area (Å²) in [6, 6.07) is 4.45. The normalized spacial score (nSPS) is 18.1. The van der Waals surface area contributed by atoms with Crippen LogP contribution in [0.15, 0.2) is 24.3 Å². The Bertz CT molecular complexity index is 513. The maximum Gasteiger partial charge on any atom is 0.416 e. The number of hydrogen-bond acceptors (Lipinski definition) is 2. The Balaban J connectivity index is 0.00000220. The van der Waals surface area contributed by atoms with E-state index in [-0.39, 0.29) is 18.3 Å². The zero-order chi connectivity index (χ0) is 15.0. The lowest BCUT2D eigenvalue weighted by Crippen LogP contribution is -2.54. The molecule has 1 aliphatic carbocycles. The molecule has 0 aliphatic heterocycles. The Morgan fingerprint density at radius 3 is 2.43 bits per heavy atom. The van der Waals surface area contributed by atoms with E-state index in [0.717, 1.165) is 18.6 Å². The Labute approximate surface area is 127 Å². The summed E-state index contributed by atoms with van der Waals surface area (Å²) in [6.07, 6.45) is -2.25. The zero-order valence-corrected chi connectivity index (χ0v) is 12.4. The van der Waals surface area contributed by atoms with Gasteiger partial charge in [-0.2, -0.15) is 13.2 Å². The van der Waals surface area contributed by atoms with E-state index in [1.807, 2.05) is 0 Å². The number of carbonyl (C=O) groups excluding carboxylic acids is 1. The van der Waals surface area contributed by atoms with Crippen LogP contribution in [0.2, 0.25) is 0 Å². The molecule has 1 aromatic rings. The third kappa shape index (κ3) is 3.68. The van der Waals surface area contributed by atoms with Gasteiger partial charge in [-0.15, -0.1) is 12.4 Å². The summed E-state index contributed by atoms with van der Waals surface area (Å²) in [5.41, 5.74) is 4.60. The molecule has 2 rings (SSSR count). The number of halogens is 4. The van der Waals surface area contributed by atoms with Crippen molar-refractivity contribution in [3.05, 3.63) is 35.4 Å². The monoisotopic (exact) mass is 322 g/mol. The van der Waals surface area contributed by atoms with Crippen LogP contribution >= 0.6 is 12.4 Å². The SMILES string of the molecule is C[C@@H](N)C(=O)NC1(c2cccc(C(F)(F)F)c2)CCC1.Cl. The van der Waals surface area contributed by atoms with E-state index < -0.39 is 23.3 Å². The smallest absolute Gasteiger partial charge is 0.345 e. The van der Waals surface area contributed by atoms with Gasteiger partial charge in [0.15, 0.2) is 0 Å². The first-order valence-electron chi connectivity index (χ1n) is 6.50. The molecule has 1 aromatic carbocycles. The molecule has 0 heterocycles. The standard InChI is InChI=1S/C14H17F3N2O.ClH/c1-9(18)12(20)19-13(6-3-7-13)10-4-2-5-11(8-10)14(15,16)17;/h2,4-5,8-9H,3,6-7,18H2,1H3,(H,19,20);1H/t9-;/m1./s1. The lowest BCUT2D eigenvalue weighted by Gasteiger charge is -2.43. The molecule has 0 saturated heterocycles. The lowest BCUT2D eigenvalue weighted by molar-refractivity contribution is -0.137. The van der Waals surface area contributed by atoms with E-state index in [1.165, 1.54) is 6.07 Å². The summed E-state index contributed by atoms with van der Waals surface area (Å²) in [5.74, 6) is -0.345. The van der Waals surface area contributed by atoms with Crippen molar-refractivity contribution >= 4 is 18.3 Å². The maximum atomic E-state index is 12.8.